The monoisotopic (exact) mass is 316 g/mol. The number of rotatable bonds is 0. The van der Waals surface area contributed by atoms with Crippen LogP contribution >= 0.6 is 0 Å². The molecule has 4 aromatic rings. The van der Waals surface area contributed by atoms with E-state index in [-0.39, 0.29) is 37.4 Å². The molecule has 0 atom stereocenters. The first-order valence-electron chi connectivity index (χ1n) is 6.81. The zero-order valence-electron chi connectivity index (χ0n) is 14.4. The SMILES string of the molecule is Oc1cccc2cccnc12.Oc1cccc2cccnc12.[H-].[H-].[Mg+2]. The molecule has 4 nitrogen and oxygen atoms in total. The average Bonchev–Trinajstić information content (AvgIpc) is 2.57. The van der Waals surface area contributed by atoms with Crippen LogP contribution in [-0.4, -0.2) is 43.2 Å². The van der Waals surface area contributed by atoms with Gasteiger partial charge < -0.3 is 13.1 Å². The molecule has 0 fully saturated rings. The number of para-hydroxylation sites is 2. The fourth-order valence-electron chi connectivity index (χ4n) is 2.18. The van der Waals surface area contributed by atoms with Crippen LogP contribution in [0.2, 0.25) is 0 Å². The van der Waals surface area contributed by atoms with E-state index in [0.717, 1.165) is 10.8 Å². The van der Waals surface area contributed by atoms with E-state index in [0.29, 0.717) is 11.0 Å². The molecule has 0 aliphatic rings. The second-order valence-electron chi connectivity index (χ2n) is 4.70. The number of pyridine rings is 2. The van der Waals surface area contributed by atoms with Gasteiger partial charge in [0.15, 0.2) is 0 Å². The van der Waals surface area contributed by atoms with Gasteiger partial charge in [0, 0.05) is 23.2 Å². The van der Waals surface area contributed by atoms with Gasteiger partial charge in [0.05, 0.1) is 0 Å². The molecule has 112 valence electrons. The van der Waals surface area contributed by atoms with E-state index in [1.54, 1.807) is 36.7 Å². The number of fused-ring (bicyclic) bond motifs is 2. The number of hydrogen-bond donors (Lipinski definition) is 2. The Balaban J connectivity index is 0.000000411. The molecule has 0 bridgehead atoms. The van der Waals surface area contributed by atoms with E-state index in [2.05, 4.69) is 9.97 Å². The van der Waals surface area contributed by atoms with Gasteiger partial charge in [0.2, 0.25) is 0 Å². The van der Waals surface area contributed by atoms with Crippen molar-refractivity contribution in [2.75, 3.05) is 0 Å². The van der Waals surface area contributed by atoms with E-state index in [9.17, 15) is 10.2 Å². The average molecular weight is 317 g/mol. The molecular formula is C18H16MgN2O2. The molecular weight excluding hydrogens is 301 g/mol. The maximum Gasteiger partial charge on any atom is 2.00 e. The predicted octanol–water partition coefficient (Wildman–Crippen LogP) is 3.73. The van der Waals surface area contributed by atoms with Gasteiger partial charge >= 0.3 is 23.1 Å². The normalized spacial score (nSPS) is 9.74. The van der Waals surface area contributed by atoms with Crippen LogP contribution in [0.5, 0.6) is 11.5 Å². The van der Waals surface area contributed by atoms with Gasteiger partial charge in [-0.25, -0.2) is 0 Å². The number of nitrogens with zero attached hydrogens (tertiary/aromatic N) is 2. The molecule has 2 N–H and O–H groups in total. The van der Waals surface area contributed by atoms with Crippen LogP contribution in [0.4, 0.5) is 0 Å². The third-order valence-corrected chi connectivity index (χ3v) is 3.22. The first-order chi connectivity index (χ1) is 10.8. The number of aromatic nitrogens is 2. The van der Waals surface area contributed by atoms with E-state index < -0.39 is 0 Å². The third-order valence-electron chi connectivity index (χ3n) is 3.22. The molecule has 23 heavy (non-hydrogen) atoms. The summed E-state index contributed by atoms with van der Waals surface area (Å²) < 4.78 is 0. The maximum atomic E-state index is 9.31. The second kappa shape index (κ2) is 7.76. The van der Waals surface area contributed by atoms with Crippen LogP contribution in [0.1, 0.15) is 2.85 Å². The van der Waals surface area contributed by atoms with Crippen LogP contribution in [0, 0.1) is 0 Å². The van der Waals surface area contributed by atoms with Gasteiger partial charge in [-0.05, 0) is 24.3 Å². The summed E-state index contributed by atoms with van der Waals surface area (Å²) in [5.74, 6) is 0.478. The standard InChI is InChI=1S/2C9H7NO.Mg.2H/c2*11-8-5-1-3-7-4-2-6-10-9(7)8;;;/h2*1-6,11H;;;/q;;+2;2*-1. The minimum Gasteiger partial charge on any atom is -1.00 e. The summed E-state index contributed by atoms with van der Waals surface area (Å²) in [4.78, 5) is 8.06. The molecule has 0 radical (unpaired) electrons. The maximum absolute atomic E-state index is 9.31. The van der Waals surface area contributed by atoms with Crippen molar-refractivity contribution in [3.63, 3.8) is 0 Å². The Labute approximate surface area is 152 Å². The summed E-state index contributed by atoms with van der Waals surface area (Å²) in [5.41, 5.74) is 1.32. The van der Waals surface area contributed by atoms with Crippen molar-refractivity contribution in [2.24, 2.45) is 0 Å². The molecule has 2 aromatic heterocycles. The van der Waals surface area contributed by atoms with Crippen LogP contribution in [0.3, 0.4) is 0 Å². The van der Waals surface area contributed by atoms with E-state index >= 15 is 0 Å². The molecule has 0 amide bonds. The fourth-order valence-corrected chi connectivity index (χ4v) is 2.18. The zero-order chi connectivity index (χ0) is 15.4. The van der Waals surface area contributed by atoms with Gasteiger partial charge in [-0.3, -0.25) is 9.97 Å². The molecule has 4 rings (SSSR count). The van der Waals surface area contributed by atoms with Crippen molar-refractivity contribution >= 4 is 44.9 Å². The second-order valence-corrected chi connectivity index (χ2v) is 4.70. The summed E-state index contributed by atoms with van der Waals surface area (Å²) in [6.07, 6.45) is 3.34. The van der Waals surface area contributed by atoms with Gasteiger partial charge in [0.1, 0.15) is 22.5 Å². The number of phenolic OH excluding ortho intramolecular Hbond substituents is 2. The Hall–Kier alpha value is -2.37. The molecule has 0 saturated carbocycles. The minimum absolute atomic E-state index is 0. The molecule has 0 aliphatic heterocycles. The first-order valence-corrected chi connectivity index (χ1v) is 6.81. The van der Waals surface area contributed by atoms with Crippen molar-refractivity contribution in [3.8, 4) is 11.5 Å². The molecule has 2 aromatic carbocycles. The Morgan fingerprint density at radius 3 is 1.39 bits per heavy atom. The molecule has 0 saturated heterocycles. The van der Waals surface area contributed by atoms with E-state index in [4.69, 9.17) is 0 Å². The van der Waals surface area contributed by atoms with Gasteiger partial charge in [-0.2, -0.15) is 0 Å². The molecule has 5 heteroatoms. The van der Waals surface area contributed by atoms with Crippen LogP contribution < -0.4 is 0 Å². The summed E-state index contributed by atoms with van der Waals surface area (Å²) >= 11 is 0. The van der Waals surface area contributed by atoms with Gasteiger partial charge in [0.25, 0.3) is 0 Å². The minimum atomic E-state index is 0. The smallest absolute Gasteiger partial charge is 1.00 e. The van der Waals surface area contributed by atoms with Crippen molar-refractivity contribution < 1.29 is 13.1 Å². The fraction of sp³-hybridized carbons (Fsp3) is 0. The quantitative estimate of drug-likeness (QED) is 0.485. The van der Waals surface area contributed by atoms with Gasteiger partial charge in [-0.15, -0.1) is 0 Å². The Morgan fingerprint density at radius 2 is 1.00 bits per heavy atom. The van der Waals surface area contributed by atoms with Crippen LogP contribution in [0.25, 0.3) is 21.8 Å². The van der Waals surface area contributed by atoms with Crippen molar-refractivity contribution in [1.82, 2.24) is 9.97 Å². The Kier molecular flexibility index (Phi) is 5.73. The Bertz CT molecular complexity index is 851. The first kappa shape index (κ1) is 17.0. The topological polar surface area (TPSA) is 66.2 Å². The summed E-state index contributed by atoms with van der Waals surface area (Å²) in [7, 11) is 0. The zero-order valence-corrected chi connectivity index (χ0v) is 13.8. The molecule has 0 aliphatic carbocycles. The van der Waals surface area contributed by atoms with Crippen molar-refractivity contribution in [1.29, 1.82) is 0 Å². The number of benzene rings is 2. The predicted molar refractivity (Wildman–Crippen MR) is 94.8 cm³/mol. The Morgan fingerprint density at radius 1 is 0.609 bits per heavy atom. The van der Waals surface area contributed by atoms with Crippen LogP contribution in [-0.2, 0) is 0 Å². The van der Waals surface area contributed by atoms with E-state index in [1.165, 1.54) is 0 Å². The largest absolute Gasteiger partial charge is 2.00 e. The third kappa shape index (κ3) is 3.88. The number of aromatic hydroxyl groups is 2. The molecule has 0 spiro atoms. The van der Waals surface area contributed by atoms with Crippen molar-refractivity contribution in [2.45, 2.75) is 0 Å². The molecule has 0 unspecified atom stereocenters. The summed E-state index contributed by atoms with van der Waals surface area (Å²) in [5, 5.41) is 20.5. The summed E-state index contributed by atoms with van der Waals surface area (Å²) in [6.45, 7) is 0. The number of phenols is 2. The van der Waals surface area contributed by atoms with Crippen LogP contribution in [0.15, 0.2) is 73.1 Å². The van der Waals surface area contributed by atoms with E-state index in [1.807, 2.05) is 36.4 Å². The van der Waals surface area contributed by atoms with Crippen molar-refractivity contribution in [3.05, 3.63) is 73.1 Å². The molecule has 2 heterocycles. The number of hydrogen-bond acceptors (Lipinski definition) is 4. The van der Waals surface area contributed by atoms with Gasteiger partial charge in [-0.1, -0.05) is 36.4 Å². The summed E-state index contributed by atoms with van der Waals surface area (Å²) in [6, 6.07) is 18.3.